The van der Waals surface area contributed by atoms with Crippen LogP contribution in [-0.4, -0.2) is 11.6 Å². The summed E-state index contributed by atoms with van der Waals surface area (Å²) in [7, 11) is 0. The molecule has 3 aromatic rings. The fourth-order valence-electron chi connectivity index (χ4n) is 3.22. The Hall–Kier alpha value is -3.00. The van der Waals surface area contributed by atoms with Gasteiger partial charge in [0.2, 0.25) is 0 Å². The number of aryl methyl sites for hydroxylation is 1. The standard InChI is InChI=1S/C22H16O2/c23-21(16-7-3-1-4-8-16)19-14-12-15-11-13-18(15)20(19)22(24)17-9-5-2-6-10-17/h1-10,12,14H,11,13H2. The maximum Gasteiger partial charge on any atom is 0.194 e. The van der Waals surface area contributed by atoms with E-state index in [0.29, 0.717) is 22.3 Å². The number of carbonyl (C=O) groups excluding carboxylic acids is 2. The van der Waals surface area contributed by atoms with Gasteiger partial charge in [0.15, 0.2) is 11.6 Å². The fourth-order valence-corrected chi connectivity index (χ4v) is 3.22. The predicted octanol–water partition coefficient (Wildman–Crippen LogP) is 4.25. The molecule has 0 amide bonds. The van der Waals surface area contributed by atoms with E-state index in [-0.39, 0.29) is 11.6 Å². The molecule has 0 radical (unpaired) electrons. The minimum atomic E-state index is -0.0930. The molecule has 116 valence electrons. The molecule has 0 atom stereocenters. The minimum Gasteiger partial charge on any atom is -0.289 e. The zero-order valence-electron chi connectivity index (χ0n) is 13.2. The number of benzene rings is 3. The van der Waals surface area contributed by atoms with Crippen molar-refractivity contribution in [1.82, 2.24) is 0 Å². The van der Waals surface area contributed by atoms with Gasteiger partial charge in [-0.15, -0.1) is 0 Å². The van der Waals surface area contributed by atoms with Gasteiger partial charge in [0.1, 0.15) is 0 Å². The molecule has 0 N–H and O–H groups in total. The van der Waals surface area contributed by atoms with Crippen LogP contribution < -0.4 is 0 Å². The molecular formula is C22H16O2. The van der Waals surface area contributed by atoms with Crippen LogP contribution in [0.25, 0.3) is 0 Å². The fraction of sp³-hybridized carbons (Fsp3) is 0.0909. The molecule has 1 aliphatic rings. The van der Waals surface area contributed by atoms with E-state index in [2.05, 4.69) is 0 Å². The van der Waals surface area contributed by atoms with Crippen LogP contribution in [0.1, 0.15) is 43.0 Å². The van der Waals surface area contributed by atoms with Crippen molar-refractivity contribution in [2.24, 2.45) is 0 Å². The normalized spacial score (nSPS) is 12.2. The lowest BCUT2D eigenvalue weighted by molar-refractivity contribution is 0.100. The first-order chi connectivity index (χ1) is 11.8. The first-order valence-electron chi connectivity index (χ1n) is 8.10. The molecule has 2 nitrogen and oxygen atoms in total. The second-order valence-corrected chi connectivity index (χ2v) is 6.02. The Balaban J connectivity index is 1.86. The molecular weight excluding hydrogens is 296 g/mol. The van der Waals surface area contributed by atoms with Gasteiger partial charge in [-0.25, -0.2) is 0 Å². The van der Waals surface area contributed by atoms with Crippen LogP contribution in [0.3, 0.4) is 0 Å². The average Bonchev–Trinajstić information content (AvgIpc) is 2.62. The summed E-state index contributed by atoms with van der Waals surface area (Å²) in [6, 6.07) is 22.1. The van der Waals surface area contributed by atoms with Crippen LogP contribution in [-0.2, 0) is 12.8 Å². The highest BCUT2D eigenvalue weighted by Crippen LogP contribution is 2.32. The van der Waals surface area contributed by atoms with E-state index >= 15 is 0 Å². The number of hydrogen-bond donors (Lipinski definition) is 0. The van der Waals surface area contributed by atoms with E-state index in [9.17, 15) is 9.59 Å². The van der Waals surface area contributed by atoms with Gasteiger partial charge in [-0.05, 0) is 30.0 Å². The third kappa shape index (κ3) is 2.37. The molecule has 0 spiro atoms. The van der Waals surface area contributed by atoms with Gasteiger partial charge in [0.05, 0.1) is 0 Å². The second-order valence-electron chi connectivity index (χ2n) is 6.02. The van der Waals surface area contributed by atoms with E-state index in [1.807, 2.05) is 48.5 Å². The zero-order chi connectivity index (χ0) is 16.5. The molecule has 0 unspecified atom stereocenters. The number of hydrogen-bond acceptors (Lipinski definition) is 2. The van der Waals surface area contributed by atoms with Crippen molar-refractivity contribution in [2.75, 3.05) is 0 Å². The van der Waals surface area contributed by atoms with Crippen LogP contribution in [0.2, 0.25) is 0 Å². The Morgan fingerprint density at radius 3 is 1.75 bits per heavy atom. The molecule has 0 fully saturated rings. The van der Waals surface area contributed by atoms with Gasteiger partial charge >= 0.3 is 0 Å². The first-order valence-corrected chi connectivity index (χ1v) is 8.10. The molecule has 1 aliphatic carbocycles. The summed E-state index contributed by atoms with van der Waals surface area (Å²) in [5.74, 6) is -0.156. The van der Waals surface area contributed by atoms with Gasteiger partial charge in [-0.1, -0.05) is 66.7 Å². The third-order valence-electron chi connectivity index (χ3n) is 4.60. The van der Waals surface area contributed by atoms with Gasteiger partial charge in [0, 0.05) is 22.3 Å². The largest absolute Gasteiger partial charge is 0.289 e. The summed E-state index contributed by atoms with van der Waals surface area (Å²) in [6.07, 6.45) is 1.84. The Labute approximate surface area is 140 Å². The molecule has 24 heavy (non-hydrogen) atoms. The molecule has 0 saturated carbocycles. The van der Waals surface area contributed by atoms with Gasteiger partial charge in [0.25, 0.3) is 0 Å². The van der Waals surface area contributed by atoms with Crippen molar-refractivity contribution in [3.63, 3.8) is 0 Å². The van der Waals surface area contributed by atoms with Crippen LogP contribution >= 0.6 is 0 Å². The lowest BCUT2D eigenvalue weighted by atomic mass is 9.78. The van der Waals surface area contributed by atoms with E-state index < -0.39 is 0 Å². The average molecular weight is 312 g/mol. The summed E-state index contributed by atoms with van der Waals surface area (Å²) in [5.41, 5.74) is 4.54. The summed E-state index contributed by atoms with van der Waals surface area (Å²) >= 11 is 0. The van der Waals surface area contributed by atoms with E-state index in [1.54, 1.807) is 24.3 Å². The number of ketones is 2. The predicted molar refractivity (Wildman–Crippen MR) is 93.6 cm³/mol. The van der Waals surface area contributed by atoms with Crippen LogP contribution in [0.5, 0.6) is 0 Å². The van der Waals surface area contributed by atoms with Crippen molar-refractivity contribution in [3.05, 3.63) is 106 Å². The van der Waals surface area contributed by atoms with Crippen LogP contribution in [0.15, 0.2) is 72.8 Å². The molecule has 3 aromatic carbocycles. The van der Waals surface area contributed by atoms with Crippen LogP contribution in [0.4, 0.5) is 0 Å². The smallest absolute Gasteiger partial charge is 0.194 e. The Morgan fingerprint density at radius 2 is 1.21 bits per heavy atom. The van der Waals surface area contributed by atoms with E-state index in [1.165, 1.54) is 5.56 Å². The summed E-state index contributed by atoms with van der Waals surface area (Å²) < 4.78 is 0. The van der Waals surface area contributed by atoms with Crippen molar-refractivity contribution in [2.45, 2.75) is 12.8 Å². The third-order valence-corrected chi connectivity index (χ3v) is 4.60. The van der Waals surface area contributed by atoms with Crippen molar-refractivity contribution in [1.29, 1.82) is 0 Å². The molecule has 4 rings (SSSR count). The molecule has 2 heteroatoms. The SMILES string of the molecule is O=C(c1ccccc1)c1ccc2c(c1C(=O)c1ccccc1)CC2. The van der Waals surface area contributed by atoms with Crippen molar-refractivity contribution < 1.29 is 9.59 Å². The highest BCUT2D eigenvalue weighted by atomic mass is 16.1. The van der Waals surface area contributed by atoms with E-state index in [0.717, 1.165) is 18.4 Å². The topological polar surface area (TPSA) is 34.1 Å². The summed E-state index contributed by atoms with van der Waals surface area (Å²) in [4.78, 5) is 26.0. The zero-order valence-corrected chi connectivity index (χ0v) is 13.2. The maximum absolute atomic E-state index is 13.1. The van der Waals surface area contributed by atoms with Gasteiger partial charge < -0.3 is 0 Å². The first kappa shape index (κ1) is 14.6. The number of fused-ring (bicyclic) bond motifs is 1. The maximum atomic E-state index is 13.1. The van der Waals surface area contributed by atoms with Gasteiger partial charge in [-0.3, -0.25) is 9.59 Å². The minimum absolute atomic E-state index is 0.0635. The summed E-state index contributed by atoms with van der Waals surface area (Å²) in [6.45, 7) is 0. The highest BCUT2D eigenvalue weighted by molar-refractivity contribution is 6.20. The molecule has 0 heterocycles. The molecule has 0 aliphatic heterocycles. The molecule has 0 bridgehead atoms. The quantitative estimate of drug-likeness (QED) is 0.675. The Bertz CT molecular complexity index is 925. The summed E-state index contributed by atoms with van der Waals surface area (Å²) in [5, 5.41) is 0. The van der Waals surface area contributed by atoms with Crippen molar-refractivity contribution in [3.8, 4) is 0 Å². The second kappa shape index (κ2) is 5.89. The lowest BCUT2D eigenvalue weighted by Crippen LogP contribution is -2.20. The highest BCUT2D eigenvalue weighted by Gasteiger charge is 2.28. The van der Waals surface area contributed by atoms with Gasteiger partial charge in [-0.2, -0.15) is 0 Å². The van der Waals surface area contributed by atoms with E-state index in [4.69, 9.17) is 0 Å². The monoisotopic (exact) mass is 312 g/mol. The molecule has 0 aromatic heterocycles. The van der Waals surface area contributed by atoms with Crippen LogP contribution in [0, 0.1) is 0 Å². The Kier molecular flexibility index (Phi) is 3.58. The lowest BCUT2D eigenvalue weighted by Gasteiger charge is -2.24. The number of carbonyl (C=O) groups is 2. The molecule has 0 saturated heterocycles. The Morgan fingerprint density at radius 1 is 0.625 bits per heavy atom. The van der Waals surface area contributed by atoms with Crippen molar-refractivity contribution >= 4 is 11.6 Å². The number of rotatable bonds is 4.